The maximum atomic E-state index is 12.1. The molecule has 0 saturated carbocycles. The number of rotatable bonds is 7. The van der Waals surface area contributed by atoms with Crippen molar-refractivity contribution in [3.8, 4) is 0 Å². The van der Waals surface area contributed by atoms with Gasteiger partial charge in [-0.15, -0.1) is 11.8 Å². The lowest BCUT2D eigenvalue weighted by molar-refractivity contribution is -0.117. The molecule has 0 saturated heterocycles. The predicted molar refractivity (Wildman–Crippen MR) is 86.4 cm³/mol. The van der Waals surface area contributed by atoms with Gasteiger partial charge in [0.05, 0.1) is 0 Å². The molecule has 110 valence electrons. The van der Waals surface area contributed by atoms with Crippen LogP contribution in [0.15, 0.2) is 29.2 Å². The molecule has 4 N–H and O–H groups in total. The van der Waals surface area contributed by atoms with Gasteiger partial charge in [0.1, 0.15) is 6.04 Å². The summed E-state index contributed by atoms with van der Waals surface area (Å²) >= 11 is 3.24. The number of anilines is 1. The molecule has 1 aromatic rings. The number of hydrogen-bond acceptors (Lipinski definition) is 4. The molecule has 3 amide bonds. The second-order valence-corrected chi connectivity index (χ2v) is 5.93. The lowest BCUT2D eigenvalue weighted by atomic mass is 10.2. The summed E-state index contributed by atoms with van der Waals surface area (Å²) in [5, 5.41) is 5.25. The maximum Gasteiger partial charge on any atom is 0.312 e. The van der Waals surface area contributed by atoms with Gasteiger partial charge in [-0.25, -0.2) is 4.79 Å². The summed E-state index contributed by atoms with van der Waals surface area (Å²) in [5.41, 5.74) is 5.80. The molecule has 1 rings (SSSR count). The highest BCUT2D eigenvalue weighted by molar-refractivity contribution is 7.98. The predicted octanol–water partition coefficient (Wildman–Crippen LogP) is 2.14. The van der Waals surface area contributed by atoms with Crippen molar-refractivity contribution in [1.29, 1.82) is 0 Å². The van der Waals surface area contributed by atoms with Crippen LogP contribution in [0.2, 0.25) is 0 Å². The molecule has 0 aliphatic carbocycles. The molecular formula is C13H19N3O2S2. The Morgan fingerprint density at radius 1 is 1.25 bits per heavy atom. The third kappa shape index (κ3) is 5.75. The van der Waals surface area contributed by atoms with E-state index in [4.69, 9.17) is 5.73 Å². The number of carbonyl (C=O) groups is 2. The van der Waals surface area contributed by atoms with Crippen LogP contribution in [0.5, 0.6) is 0 Å². The van der Waals surface area contributed by atoms with Crippen LogP contribution >= 0.6 is 23.5 Å². The van der Waals surface area contributed by atoms with E-state index < -0.39 is 12.1 Å². The molecule has 5 nitrogen and oxygen atoms in total. The van der Waals surface area contributed by atoms with Crippen molar-refractivity contribution in [1.82, 2.24) is 5.32 Å². The first-order valence-electron chi connectivity index (χ1n) is 6.06. The Morgan fingerprint density at radius 3 is 2.40 bits per heavy atom. The fourth-order valence-corrected chi connectivity index (χ4v) is 2.46. The van der Waals surface area contributed by atoms with E-state index in [1.54, 1.807) is 23.5 Å². The van der Waals surface area contributed by atoms with Gasteiger partial charge in [-0.2, -0.15) is 11.8 Å². The Bertz CT molecular complexity index is 451. The smallest absolute Gasteiger partial charge is 0.312 e. The second-order valence-electron chi connectivity index (χ2n) is 4.06. The fraction of sp³-hybridized carbons (Fsp3) is 0.385. The van der Waals surface area contributed by atoms with Crippen molar-refractivity contribution in [2.24, 2.45) is 5.73 Å². The van der Waals surface area contributed by atoms with Crippen molar-refractivity contribution < 1.29 is 9.59 Å². The van der Waals surface area contributed by atoms with Gasteiger partial charge in [0, 0.05) is 10.6 Å². The summed E-state index contributed by atoms with van der Waals surface area (Å²) in [6, 6.07) is 6.22. The van der Waals surface area contributed by atoms with Gasteiger partial charge >= 0.3 is 6.03 Å². The third-order valence-electron chi connectivity index (χ3n) is 2.60. The van der Waals surface area contributed by atoms with Gasteiger partial charge < -0.3 is 16.4 Å². The Balaban J connectivity index is 2.65. The van der Waals surface area contributed by atoms with Gasteiger partial charge in [0.2, 0.25) is 5.91 Å². The molecule has 0 radical (unpaired) electrons. The van der Waals surface area contributed by atoms with E-state index in [1.807, 2.05) is 36.8 Å². The number of nitrogens with one attached hydrogen (secondary N) is 2. The Labute approximate surface area is 127 Å². The molecule has 0 aliphatic rings. The lowest BCUT2D eigenvalue weighted by Gasteiger charge is -2.17. The highest BCUT2D eigenvalue weighted by atomic mass is 32.2. The van der Waals surface area contributed by atoms with E-state index in [9.17, 15) is 9.59 Å². The summed E-state index contributed by atoms with van der Waals surface area (Å²) < 4.78 is 0. The van der Waals surface area contributed by atoms with Gasteiger partial charge in [0.15, 0.2) is 0 Å². The molecule has 0 unspecified atom stereocenters. The van der Waals surface area contributed by atoms with Gasteiger partial charge in [-0.05, 0) is 49.0 Å². The molecule has 0 aromatic heterocycles. The number of benzene rings is 1. The molecule has 0 heterocycles. The highest BCUT2D eigenvalue weighted by Crippen LogP contribution is 2.17. The first kappa shape index (κ1) is 16.7. The second kappa shape index (κ2) is 8.76. The SMILES string of the molecule is CSCC[C@@H](NC(N)=O)C(=O)Nc1ccc(SC)cc1. The molecule has 7 heteroatoms. The largest absolute Gasteiger partial charge is 0.352 e. The molecule has 0 fully saturated rings. The number of nitrogens with two attached hydrogens (primary N) is 1. The standard InChI is InChI=1S/C13H19N3O2S2/c1-19-8-7-11(16-13(14)18)12(17)15-9-3-5-10(20-2)6-4-9/h3-6,11H,7-8H2,1-2H3,(H,15,17)(H3,14,16,18)/t11-/m1/s1. The van der Waals surface area contributed by atoms with Crippen molar-refractivity contribution >= 4 is 41.1 Å². The average Bonchev–Trinajstić information content (AvgIpc) is 2.43. The normalized spacial score (nSPS) is 11.7. The number of primary amides is 1. The van der Waals surface area contributed by atoms with E-state index in [0.717, 1.165) is 10.6 Å². The summed E-state index contributed by atoms with van der Waals surface area (Å²) in [4.78, 5) is 24.2. The zero-order valence-corrected chi connectivity index (χ0v) is 13.1. The van der Waals surface area contributed by atoms with Crippen LogP contribution in [0.1, 0.15) is 6.42 Å². The minimum absolute atomic E-state index is 0.255. The molecule has 0 bridgehead atoms. The zero-order chi connectivity index (χ0) is 15.0. The van der Waals surface area contributed by atoms with Crippen LogP contribution in [-0.4, -0.2) is 36.2 Å². The molecule has 0 aliphatic heterocycles. The van der Waals surface area contributed by atoms with E-state index in [1.165, 1.54) is 0 Å². The number of urea groups is 1. The zero-order valence-electron chi connectivity index (χ0n) is 11.5. The third-order valence-corrected chi connectivity index (χ3v) is 3.99. The summed E-state index contributed by atoms with van der Waals surface area (Å²) in [6.07, 6.45) is 4.47. The van der Waals surface area contributed by atoms with Crippen molar-refractivity contribution in [3.05, 3.63) is 24.3 Å². The number of amides is 3. The van der Waals surface area contributed by atoms with E-state index in [2.05, 4.69) is 10.6 Å². The van der Waals surface area contributed by atoms with E-state index >= 15 is 0 Å². The van der Waals surface area contributed by atoms with Crippen molar-refractivity contribution in [3.63, 3.8) is 0 Å². The topological polar surface area (TPSA) is 84.2 Å². The van der Waals surface area contributed by atoms with Crippen LogP contribution in [0.4, 0.5) is 10.5 Å². The lowest BCUT2D eigenvalue weighted by Crippen LogP contribution is -2.46. The minimum atomic E-state index is -0.691. The first-order valence-corrected chi connectivity index (χ1v) is 8.68. The molecule has 1 aromatic carbocycles. The summed E-state index contributed by atoms with van der Waals surface area (Å²) in [7, 11) is 0. The van der Waals surface area contributed by atoms with E-state index in [-0.39, 0.29) is 5.91 Å². The minimum Gasteiger partial charge on any atom is -0.352 e. The van der Waals surface area contributed by atoms with Crippen LogP contribution in [-0.2, 0) is 4.79 Å². The number of carbonyl (C=O) groups excluding carboxylic acids is 2. The van der Waals surface area contributed by atoms with Crippen LogP contribution in [0.25, 0.3) is 0 Å². The molecule has 20 heavy (non-hydrogen) atoms. The summed E-state index contributed by atoms with van der Waals surface area (Å²) in [6.45, 7) is 0. The summed E-state index contributed by atoms with van der Waals surface area (Å²) in [5.74, 6) is 0.513. The average molecular weight is 313 g/mol. The Kier molecular flexibility index (Phi) is 7.32. The van der Waals surface area contributed by atoms with Gasteiger partial charge in [-0.3, -0.25) is 4.79 Å². The monoisotopic (exact) mass is 313 g/mol. The fourth-order valence-electron chi connectivity index (χ4n) is 1.58. The first-order chi connectivity index (χ1) is 9.56. The number of thioether (sulfide) groups is 2. The van der Waals surface area contributed by atoms with Gasteiger partial charge in [0.25, 0.3) is 0 Å². The van der Waals surface area contributed by atoms with Crippen molar-refractivity contribution in [2.45, 2.75) is 17.4 Å². The Hall–Kier alpha value is -1.34. The van der Waals surface area contributed by atoms with Gasteiger partial charge in [-0.1, -0.05) is 0 Å². The number of hydrogen-bond donors (Lipinski definition) is 3. The van der Waals surface area contributed by atoms with Crippen molar-refractivity contribution in [2.75, 3.05) is 23.6 Å². The van der Waals surface area contributed by atoms with E-state index in [0.29, 0.717) is 12.1 Å². The quantitative estimate of drug-likeness (QED) is 0.673. The van der Waals surface area contributed by atoms with Crippen LogP contribution in [0, 0.1) is 0 Å². The molecule has 0 spiro atoms. The highest BCUT2D eigenvalue weighted by Gasteiger charge is 2.19. The molecular weight excluding hydrogens is 294 g/mol. The molecule has 1 atom stereocenters. The maximum absolute atomic E-state index is 12.1. The van der Waals surface area contributed by atoms with Crippen LogP contribution in [0.3, 0.4) is 0 Å². The Morgan fingerprint density at radius 2 is 1.90 bits per heavy atom. The van der Waals surface area contributed by atoms with Crippen LogP contribution < -0.4 is 16.4 Å².